The maximum absolute atomic E-state index is 13.8. The minimum Gasteiger partial charge on any atom is -0.465 e. The second-order valence-electron chi connectivity index (χ2n) is 5.90. The maximum atomic E-state index is 13.8. The van der Waals surface area contributed by atoms with Crippen molar-refractivity contribution in [2.75, 3.05) is 20.2 Å². The van der Waals surface area contributed by atoms with Gasteiger partial charge in [-0.25, -0.2) is 9.18 Å². The molecule has 1 aromatic rings. The fourth-order valence-electron chi connectivity index (χ4n) is 2.93. The third-order valence-electron chi connectivity index (χ3n) is 4.32. The second kappa shape index (κ2) is 6.12. The van der Waals surface area contributed by atoms with Crippen molar-refractivity contribution >= 4 is 5.97 Å². The highest BCUT2D eigenvalue weighted by Gasteiger charge is 2.34. The molecule has 1 aliphatic heterocycles. The Hall–Kier alpha value is -1.46. The molecule has 2 fully saturated rings. The van der Waals surface area contributed by atoms with Crippen molar-refractivity contribution in [1.29, 1.82) is 0 Å². The van der Waals surface area contributed by atoms with Crippen LogP contribution in [0, 0.1) is 5.82 Å². The molecule has 1 unspecified atom stereocenters. The van der Waals surface area contributed by atoms with Gasteiger partial charge in [0, 0.05) is 31.7 Å². The number of rotatable bonds is 5. The number of hydrogen-bond acceptors (Lipinski definition) is 4. The van der Waals surface area contributed by atoms with Crippen LogP contribution >= 0.6 is 0 Å². The Kier molecular flexibility index (Phi) is 4.22. The summed E-state index contributed by atoms with van der Waals surface area (Å²) in [6.45, 7) is 2.88. The number of halogens is 1. The molecule has 0 amide bonds. The van der Waals surface area contributed by atoms with E-state index < -0.39 is 11.8 Å². The summed E-state index contributed by atoms with van der Waals surface area (Å²) in [6.07, 6.45) is 3.83. The predicted octanol–water partition coefficient (Wildman–Crippen LogP) is 1.94. The molecule has 0 radical (unpaired) electrons. The zero-order valence-electron chi connectivity index (χ0n) is 12.3. The number of carbonyl (C=O) groups is 1. The van der Waals surface area contributed by atoms with Crippen LogP contribution in [0.25, 0.3) is 0 Å². The van der Waals surface area contributed by atoms with Crippen molar-refractivity contribution in [2.24, 2.45) is 0 Å². The first-order valence-electron chi connectivity index (χ1n) is 7.51. The van der Waals surface area contributed by atoms with Gasteiger partial charge in [0.05, 0.1) is 12.7 Å². The summed E-state index contributed by atoms with van der Waals surface area (Å²) in [5.74, 6) is -1.16. The summed E-state index contributed by atoms with van der Waals surface area (Å²) in [6, 6.07) is 5.97. The summed E-state index contributed by atoms with van der Waals surface area (Å²) in [4.78, 5) is 13.9. The normalized spacial score (nSPS) is 22.5. The fourth-order valence-corrected chi connectivity index (χ4v) is 2.93. The molecule has 1 saturated heterocycles. The minimum atomic E-state index is -0.636. The first-order valence-corrected chi connectivity index (χ1v) is 7.51. The Labute approximate surface area is 124 Å². The van der Waals surface area contributed by atoms with Crippen molar-refractivity contribution < 1.29 is 13.9 Å². The van der Waals surface area contributed by atoms with Crippen LogP contribution in [0.4, 0.5) is 4.39 Å². The lowest BCUT2D eigenvalue weighted by Gasteiger charge is -2.16. The van der Waals surface area contributed by atoms with Crippen LogP contribution in [0.5, 0.6) is 0 Å². The van der Waals surface area contributed by atoms with Gasteiger partial charge in [-0.15, -0.1) is 0 Å². The third-order valence-corrected chi connectivity index (χ3v) is 4.32. The lowest BCUT2D eigenvalue weighted by atomic mass is 10.1. The van der Waals surface area contributed by atoms with E-state index in [0.29, 0.717) is 12.6 Å². The Morgan fingerprint density at radius 2 is 2.24 bits per heavy atom. The molecule has 1 aliphatic carbocycles. The largest absolute Gasteiger partial charge is 0.465 e. The number of nitrogens with zero attached hydrogens (tertiary/aromatic N) is 1. The van der Waals surface area contributed by atoms with Crippen molar-refractivity contribution in [1.82, 2.24) is 10.2 Å². The van der Waals surface area contributed by atoms with Crippen molar-refractivity contribution in [3.05, 3.63) is 35.1 Å². The average molecular weight is 292 g/mol. The SMILES string of the molecule is COC(=O)c1ccc(CNC2CCN(C3CC3)C2)cc1F. The molecule has 5 heteroatoms. The molecule has 1 saturated carbocycles. The highest BCUT2D eigenvalue weighted by Crippen LogP contribution is 2.29. The van der Waals surface area contributed by atoms with Crippen molar-refractivity contribution in [3.63, 3.8) is 0 Å². The molecule has 2 aliphatic rings. The number of carbonyl (C=O) groups excluding carboxylic acids is 1. The molecular weight excluding hydrogens is 271 g/mol. The van der Waals surface area contributed by atoms with E-state index in [1.54, 1.807) is 6.07 Å². The third kappa shape index (κ3) is 3.41. The van der Waals surface area contributed by atoms with E-state index in [2.05, 4.69) is 15.0 Å². The number of benzene rings is 1. The quantitative estimate of drug-likeness (QED) is 0.842. The molecule has 1 atom stereocenters. The molecule has 1 heterocycles. The van der Waals surface area contributed by atoms with E-state index in [1.165, 1.54) is 32.1 Å². The lowest BCUT2D eigenvalue weighted by molar-refractivity contribution is 0.0595. The highest BCUT2D eigenvalue weighted by molar-refractivity contribution is 5.89. The van der Waals surface area contributed by atoms with Crippen LogP contribution < -0.4 is 5.32 Å². The van der Waals surface area contributed by atoms with Crippen molar-refractivity contribution in [3.8, 4) is 0 Å². The summed E-state index contributed by atoms with van der Waals surface area (Å²) in [5, 5.41) is 3.48. The van der Waals surface area contributed by atoms with Gasteiger partial charge >= 0.3 is 5.97 Å². The number of nitrogens with one attached hydrogen (secondary N) is 1. The Morgan fingerprint density at radius 3 is 2.90 bits per heavy atom. The summed E-state index contributed by atoms with van der Waals surface area (Å²) in [5.41, 5.74) is 0.840. The van der Waals surface area contributed by atoms with Gasteiger partial charge in [0.15, 0.2) is 0 Å². The zero-order chi connectivity index (χ0) is 14.8. The Morgan fingerprint density at radius 1 is 1.43 bits per heavy atom. The number of methoxy groups -OCH3 is 1. The van der Waals surface area contributed by atoms with Crippen LogP contribution in [-0.4, -0.2) is 43.2 Å². The van der Waals surface area contributed by atoms with Gasteiger partial charge in [0.2, 0.25) is 0 Å². The van der Waals surface area contributed by atoms with E-state index in [4.69, 9.17) is 0 Å². The van der Waals surface area contributed by atoms with Gasteiger partial charge < -0.3 is 10.1 Å². The molecule has 0 spiro atoms. The molecule has 1 aromatic carbocycles. The topological polar surface area (TPSA) is 41.6 Å². The predicted molar refractivity (Wildman–Crippen MR) is 77.6 cm³/mol. The molecule has 1 N–H and O–H groups in total. The highest BCUT2D eigenvalue weighted by atomic mass is 19.1. The van der Waals surface area contributed by atoms with Crippen LogP contribution in [0.1, 0.15) is 35.2 Å². The van der Waals surface area contributed by atoms with E-state index in [-0.39, 0.29) is 5.56 Å². The first-order chi connectivity index (χ1) is 10.2. The average Bonchev–Trinajstić information content (AvgIpc) is 3.23. The number of hydrogen-bond donors (Lipinski definition) is 1. The molecule has 0 aromatic heterocycles. The van der Waals surface area contributed by atoms with Gasteiger partial charge in [-0.1, -0.05) is 6.07 Å². The van der Waals surface area contributed by atoms with Gasteiger partial charge in [-0.3, -0.25) is 4.90 Å². The smallest absolute Gasteiger partial charge is 0.340 e. The van der Waals surface area contributed by atoms with E-state index in [9.17, 15) is 9.18 Å². The number of esters is 1. The van der Waals surface area contributed by atoms with Crippen LogP contribution in [0.15, 0.2) is 18.2 Å². The van der Waals surface area contributed by atoms with Gasteiger partial charge in [0.1, 0.15) is 5.82 Å². The molecule has 0 bridgehead atoms. The lowest BCUT2D eigenvalue weighted by Crippen LogP contribution is -2.32. The number of ether oxygens (including phenoxy) is 1. The standard InChI is InChI=1S/C16H21FN2O2/c1-21-16(20)14-5-2-11(8-15(14)17)9-18-12-6-7-19(10-12)13-3-4-13/h2,5,8,12-13,18H,3-4,6-7,9-10H2,1H3. The van der Waals surface area contributed by atoms with E-state index in [0.717, 1.165) is 31.1 Å². The maximum Gasteiger partial charge on any atom is 0.340 e. The van der Waals surface area contributed by atoms with Crippen LogP contribution in [0.2, 0.25) is 0 Å². The molecule has 21 heavy (non-hydrogen) atoms. The van der Waals surface area contributed by atoms with E-state index >= 15 is 0 Å². The first kappa shape index (κ1) is 14.5. The number of likely N-dealkylation sites (tertiary alicyclic amines) is 1. The van der Waals surface area contributed by atoms with Gasteiger partial charge in [-0.05, 0) is 37.0 Å². The summed E-state index contributed by atoms with van der Waals surface area (Å²) < 4.78 is 18.4. The van der Waals surface area contributed by atoms with Crippen molar-refractivity contribution in [2.45, 2.75) is 37.9 Å². The Bertz CT molecular complexity index is 531. The molecule has 3 rings (SSSR count). The minimum absolute atomic E-state index is 0.0120. The fraction of sp³-hybridized carbons (Fsp3) is 0.562. The van der Waals surface area contributed by atoms with E-state index in [1.807, 2.05) is 0 Å². The monoisotopic (exact) mass is 292 g/mol. The van der Waals surface area contributed by atoms with Gasteiger partial charge in [0.25, 0.3) is 0 Å². The molecule has 4 nitrogen and oxygen atoms in total. The summed E-state index contributed by atoms with van der Waals surface area (Å²) >= 11 is 0. The van der Waals surface area contributed by atoms with Crippen LogP contribution in [-0.2, 0) is 11.3 Å². The second-order valence-corrected chi connectivity index (χ2v) is 5.90. The summed E-state index contributed by atoms with van der Waals surface area (Å²) in [7, 11) is 1.25. The molecular formula is C16H21FN2O2. The zero-order valence-corrected chi connectivity index (χ0v) is 12.3. The Balaban J connectivity index is 1.53. The molecule has 114 valence electrons. The van der Waals surface area contributed by atoms with Crippen LogP contribution in [0.3, 0.4) is 0 Å². The van der Waals surface area contributed by atoms with Gasteiger partial charge in [-0.2, -0.15) is 0 Å².